The highest BCUT2D eigenvalue weighted by Gasteiger charge is 2.30. The quantitative estimate of drug-likeness (QED) is 0.734. The summed E-state index contributed by atoms with van der Waals surface area (Å²) in [6, 6.07) is 17.7. The van der Waals surface area contributed by atoms with Gasteiger partial charge in [0.2, 0.25) is 0 Å². The number of rotatable bonds is 3. The van der Waals surface area contributed by atoms with Crippen molar-refractivity contribution in [2.45, 2.75) is 26.2 Å². The molecule has 0 radical (unpaired) electrons. The number of hydrogen-bond donors (Lipinski definition) is 0. The van der Waals surface area contributed by atoms with Gasteiger partial charge < -0.3 is 0 Å². The summed E-state index contributed by atoms with van der Waals surface area (Å²) < 4.78 is 0. The average Bonchev–Trinajstić information content (AvgIpc) is 2.40. The molecule has 1 heteroatoms. The lowest BCUT2D eigenvalue weighted by atomic mass is 9.78. The van der Waals surface area contributed by atoms with E-state index in [1.165, 1.54) is 5.56 Å². The van der Waals surface area contributed by atoms with Gasteiger partial charge in [-0.25, -0.2) is 0 Å². The van der Waals surface area contributed by atoms with Gasteiger partial charge in [-0.1, -0.05) is 60.2 Å². The zero-order chi connectivity index (χ0) is 13.2. The lowest BCUT2D eigenvalue weighted by molar-refractivity contribution is 0.0909. The number of carbonyl (C=O) groups excluding carboxylic acids is 1. The third-order valence-corrected chi connectivity index (χ3v) is 3.38. The van der Waals surface area contributed by atoms with Crippen LogP contribution in [0.1, 0.15) is 35.3 Å². The van der Waals surface area contributed by atoms with Crippen LogP contribution in [0.3, 0.4) is 0 Å². The van der Waals surface area contributed by atoms with Crippen LogP contribution < -0.4 is 0 Å². The maximum absolute atomic E-state index is 12.6. The first-order chi connectivity index (χ1) is 8.51. The Labute approximate surface area is 108 Å². The van der Waals surface area contributed by atoms with Crippen LogP contribution in [0, 0.1) is 6.92 Å². The standard InChI is InChI=1S/C17H18O/c1-13-9-11-14(12-10-13)16(18)17(2,3)15-7-5-4-6-8-15/h4-12H,1-3H3. The molecular weight excluding hydrogens is 220 g/mol. The van der Waals surface area contributed by atoms with Crippen LogP contribution in [0.4, 0.5) is 0 Å². The highest BCUT2D eigenvalue weighted by atomic mass is 16.1. The average molecular weight is 238 g/mol. The van der Waals surface area contributed by atoms with Gasteiger partial charge in [-0.3, -0.25) is 4.79 Å². The van der Waals surface area contributed by atoms with Gasteiger partial charge in [-0.15, -0.1) is 0 Å². The predicted octanol–water partition coefficient (Wildman–Crippen LogP) is 4.16. The summed E-state index contributed by atoms with van der Waals surface area (Å²) in [5.74, 6) is 0.161. The summed E-state index contributed by atoms with van der Waals surface area (Å²) in [7, 11) is 0. The van der Waals surface area contributed by atoms with Crippen molar-refractivity contribution in [2.75, 3.05) is 0 Å². The lowest BCUT2D eigenvalue weighted by Crippen LogP contribution is -2.29. The van der Waals surface area contributed by atoms with Crippen LogP contribution in [0.5, 0.6) is 0 Å². The summed E-state index contributed by atoms with van der Waals surface area (Å²) in [4.78, 5) is 12.6. The van der Waals surface area contributed by atoms with Gasteiger partial charge in [0.25, 0.3) is 0 Å². The number of benzene rings is 2. The van der Waals surface area contributed by atoms with Gasteiger partial charge in [0.1, 0.15) is 0 Å². The van der Waals surface area contributed by atoms with Crippen molar-refractivity contribution in [3.63, 3.8) is 0 Å². The highest BCUT2D eigenvalue weighted by molar-refractivity contribution is 6.03. The molecule has 0 saturated carbocycles. The maximum atomic E-state index is 12.6. The molecule has 2 aromatic rings. The Morgan fingerprint density at radius 2 is 1.44 bits per heavy atom. The zero-order valence-electron chi connectivity index (χ0n) is 11.1. The van der Waals surface area contributed by atoms with Crippen LogP contribution in [0.15, 0.2) is 54.6 Å². The molecule has 0 aliphatic rings. The fourth-order valence-corrected chi connectivity index (χ4v) is 2.05. The second-order valence-electron chi connectivity index (χ2n) is 5.19. The van der Waals surface area contributed by atoms with Crippen molar-refractivity contribution in [1.82, 2.24) is 0 Å². The van der Waals surface area contributed by atoms with Gasteiger partial charge in [-0.05, 0) is 26.3 Å². The Morgan fingerprint density at radius 1 is 0.889 bits per heavy atom. The molecular formula is C17H18O. The smallest absolute Gasteiger partial charge is 0.172 e. The summed E-state index contributed by atoms with van der Waals surface area (Å²) in [5, 5.41) is 0. The van der Waals surface area contributed by atoms with Crippen molar-refractivity contribution in [3.05, 3.63) is 71.3 Å². The maximum Gasteiger partial charge on any atom is 0.172 e. The first-order valence-corrected chi connectivity index (χ1v) is 6.19. The molecule has 2 aromatic carbocycles. The Balaban J connectivity index is 2.36. The minimum Gasteiger partial charge on any atom is -0.293 e. The van der Waals surface area contributed by atoms with E-state index in [4.69, 9.17) is 0 Å². The molecule has 2 rings (SSSR count). The summed E-state index contributed by atoms with van der Waals surface area (Å²) >= 11 is 0. The number of ketones is 1. The first kappa shape index (κ1) is 12.6. The Bertz CT molecular complexity index is 536. The molecule has 0 bridgehead atoms. The van der Waals surface area contributed by atoms with E-state index < -0.39 is 5.41 Å². The molecule has 0 fully saturated rings. The van der Waals surface area contributed by atoms with Crippen molar-refractivity contribution in [1.29, 1.82) is 0 Å². The molecule has 0 aromatic heterocycles. The molecule has 18 heavy (non-hydrogen) atoms. The van der Waals surface area contributed by atoms with E-state index in [1.807, 2.05) is 75.4 Å². The second kappa shape index (κ2) is 4.77. The van der Waals surface area contributed by atoms with Gasteiger partial charge in [-0.2, -0.15) is 0 Å². The molecule has 0 amide bonds. The largest absolute Gasteiger partial charge is 0.293 e. The van der Waals surface area contributed by atoms with E-state index in [-0.39, 0.29) is 5.78 Å². The minimum absolute atomic E-state index is 0.161. The molecule has 0 unspecified atom stereocenters. The molecule has 0 saturated heterocycles. The summed E-state index contributed by atoms with van der Waals surface area (Å²) in [6.07, 6.45) is 0. The Hall–Kier alpha value is -1.89. The minimum atomic E-state index is -0.490. The molecule has 0 N–H and O–H groups in total. The first-order valence-electron chi connectivity index (χ1n) is 6.19. The van der Waals surface area contributed by atoms with Gasteiger partial charge >= 0.3 is 0 Å². The molecule has 0 aliphatic carbocycles. The zero-order valence-corrected chi connectivity index (χ0v) is 11.1. The molecule has 0 atom stereocenters. The Kier molecular flexibility index (Phi) is 3.33. The monoisotopic (exact) mass is 238 g/mol. The van der Waals surface area contributed by atoms with E-state index in [0.717, 1.165) is 11.1 Å². The van der Waals surface area contributed by atoms with Gasteiger partial charge in [0.15, 0.2) is 5.78 Å². The van der Waals surface area contributed by atoms with Gasteiger partial charge in [0.05, 0.1) is 5.41 Å². The number of hydrogen-bond acceptors (Lipinski definition) is 1. The van der Waals surface area contributed by atoms with E-state index in [2.05, 4.69) is 0 Å². The SMILES string of the molecule is Cc1ccc(C(=O)C(C)(C)c2ccccc2)cc1. The van der Waals surface area contributed by atoms with Crippen LogP contribution in [-0.4, -0.2) is 5.78 Å². The van der Waals surface area contributed by atoms with Crippen molar-refractivity contribution >= 4 is 5.78 Å². The van der Waals surface area contributed by atoms with Crippen LogP contribution >= 0.6 is 0 Å². The van der Waals surface area contributed by atoms with Crippen molar-refractivity contribution in [2.24, 2.45) is 0 Å². The number of aryl methyl sites for hydroxylation is 1. The summed E-state index contributed by atoms with van der Waals surface area (Å²) in [6.45, 7) is 5.98. The van der Waals surface area contributed by atoms with Crippen LogP contribution in [-0.2, 0) is 5.41 Å². The van der Waals surface area contributed by atoms with Crippen molar-refractivity contribution in [3.8, 4) is 0 Å². The fourth-order valence-electron chi connectivity index (χ4n) is 2.05. The fraction of sp³-hybridized carbons (Fsp3) is 0.235. The highest BCUT2D eigenvalue weighted by Crippen LogP contribution is 2.27. The number of carbonyl (C=O) groups is 1. The number of Topliss-reactive ketones (excluding diaryl/α,β-unsaturated/α-hetero) is 1. The van der Waals surface area contributed by atoms with Crippen LogP contribution in [0.25, 0.3) is 0 Å². The topological polar surface area (TPSA) is 17.1 Å². The molecule has 92 valence electrons. The predicted molar refractivity (Wildman–Crippen MR) is 75.0 cm³/mol. The third kappa shape index (κ3) is 2.35. The van der Waals surface area contributed by atoms with Crippen LogP contribution in [0.2, 0.25) is 0 Å². The second-order valence-corrected chi connectivity index (χ2v) is 5.19. The molecule has 0 heterocycles. The molecule has 1 nitrogen and oxygen atoms in total. The third-order valence-electron chi connectivity index (χ3n) is 3.38. The van der Waals surface area contributed by atoms with E-state index >= 15 is 0 Å². The van der Waals surface area contributed by atoms with Gasteiger partial charge in [0, 0.05) is 5.56 Å². The van der Waals surface area contributed by atoms with E-state index in [0.29, 0.717) is 0 Å². The molecule has 0 aliphatic heterocycles. The van der Waals surface area contributed by atoms with E-state index in [9.17, 15) is 4.79 Å². The lowest BCUT2D eigenvalue weighted by Gasteiger charge is -2.23. The van der Waals surface area contributed by atoms with E-state index in [1.54, 1.807) is 0 Å². The normalized spacial score (nSPS) is 11.3. The Morgan fingerprint density at radius 3 is 2.00 bits per heavy atom. The molecule has 0 spiro atoms. The van der Waals surface area contributed by atoms with Crippen molar-refractivity contribution < 1.29 is 4.79 Å². The summed E-state index contributed by atoms with van der Waals surface area (Å²) in [5.41, 5.74) is 2.50.